The summed E-state index contributed by atoms with van der Waals surface area (Å²) in [5, 5.41) is 0. The van der Waals surface area contributed by atoms with E-state index in [-0.39, 0.29) is 0 Å². The Morgan fingerprint density at radius 3 is 2.22 bits per heavy atom. The summed E-state index contributed by atoms with van der Waals surface area (Å²) in [4.78, 5) is 14.3. The average Bonchev–Trinajstić information content (AvgIpc) is 2.65. The molecule has 7 heteroatoms. The Labute approximate surface area is 160 Å². The molecule has 1 aliphatic rings. The van der Waals surface area contributed by atoms with E-state index in [0.29, 0.717) is 31.1 Å². The van der Waals surface area contributed by atoms with Crippen molar-refractivity contribution in [2.24, 2.45) is 5.73 Å². The number of hydrogen-bond donors (Lipinski definition) is 1. The number of aryl methyl sites for hydroxylation is 2. The lowest BCUT2D eigenvalue weighted by molar-refractivity contribution is -0.124. The predicted molar refractivity (Wildman–Crippen MR) is 105 cm³/mol. The van der Waals surface area contributed by atoms with Gasteiger partial charge in [-0.2, -0.15) is 4.31 Å². The first-order chi connectivity index (χ1) is 12.8. The lowest BCUT2D eigenvalue weighted by atomic mass is 10.0. The number of amides is 1. The number of rotatable bonds is 5. The van der Waals surface area contributed by atoms with Gasteiger partial charge in [-0.25, -0.2) is 8.42 Å². The molecule has 6 nitrogen and oxygen atoms in total. The van der Waals surface area contributed by atoms with Crippen molar-refractivity contribution in [1.29, 1.82) is 0 Å². The van der Waals surface area contributed by atoms with Gasteiger partial charge in [-0.1, -0.05) is 42.5 Å². The summed E-state index contributed by atoms with van der Waals surface area (Å²) in [6.07, 6.45) is 0. The van der Waals surface area contributed by atoms with Crippen LogP contribution in [0.1, 0.15) is 22.7 Å². The van der Waals surface area contributed by atoms with E-state index in [2.05, 4.69) is 0 Å². The van der Waals surface area contributed by atoms with Gasteiger partial charge in [0.25, 0.3) is 0 Å². The molecule has 0 aromatic heterocycles. The Bertz CT molecular complexity index is 921. The third-order valence-electron chi connectivity index (χ3n) is 4.98. The summed E-state index contributed by atoms with van der Waals surface area (Å²) in [7, 11) is -3.56. The summed E-state index contributed by atoms with van der Waals surface area (Å²) < 4.78 is 27.6. The van der Waals surface area contributed by atoms with Gasteiger partial charge in [0, 0.05) is 26.2 Å². The number of hydrogen-bond acceptors (Lipinski definition) is 4. The summed E-state index contributed by atoms with van der Waals surface area (Å²) in [6.45, 7) is 5.24. The highest BCUT2D eigenvalue weighted by molar-refractivity contribution is 7.89. The summed E-state index contributed by atoms with van der Waals surface area (Å²) >= 11 is 0. The van der Waals surface area contributed by atoms with E-state index in [9.17, 15) is 13.2 Å². The largest absolute Gasteiger partial charge is 0.368 e. The molecule has 1 unspecified atom stereocenters. The number of nitrogens with zero attached hydrogens (tertiary/aromatic N) is 2. The number of primary amides is 1. The number of carbonyl (C=O) groups is 1. The fourth-order valence-electron chi connectivity index (χ4n) is 3.52. The minimum absolute atomic E-state index is 0.326. The molecular weight excluding hydrogens is 362 g/mol. The first-order valence-electron chi connectivity index (χ1n) is 8.96. The maximum atomic E-state index is 13.1. The van der Waals surface area contributed by atoms with Gasteiger partial charge in [-0.15, -0.1) is 0 Å². The van der Waals surface area contributed by atoms with Crippen molar-refractivity contribution in [3.8, 4) is 0 Å². The molecule has 0 bridgehead atoms. The molecule has 27 heavy (non-hydrogen) atoms. The maximum Gasteiger partial charge on any atom is 0.243 e. The van der Waals surface area contributed by atoms with Crippen LogP contribution in [0, 0.1) is 13.8 Å². The topological polar surface area (TPSA) is 83.7 Å². The van der Waals surface area contributed by atoms with Crippen molar-refractivity contribution >= 4 is 15.9 Å². The third-order valence-corrected chi connectivity index (χ3v) is 7.03. The van der Waals surface area contributed by atoms with Gasteiger partial charge in [-0.3, -0.25) is 9.69 Å². The second kappa shape index (κ2) is 7.80. The van der Waals surface area contributed by atoms with Crippen LogP contribution in [0.2, 0.25) is 0 Å². The van der Waals surface area contributed by atoms with E-state index < -0.39 is 22.0 Å². The van der Waals surface area contributed by atoms with Gasteiger partial charge in [-0.05, 0) is 36.6 Å². The monoisotopic (exact) mass is 387 g/mol. The molecule has 1 amide bonds. The minimum Gasteiger partial charge on any atom is -0.368 e. The normalized spacial score (nSPS) is 17.6. The van der Waals surface area contributed by atoms with Crippen molar-refractivity contribution in [3.63, 3.8) is 0 Å². The predicted octanol–water partition coefficient (Wildman–Crippen LogP) is 1.84. The van der Waals surface area contributed by atoms with E-state index in [1.54, 1.807) is 13.0 Å². The Hall–Kier alpha value is -2.22. The van der Waals surface area contributed by atoms with Crippen molar-refractivity contribution in [1.82, 2.24) is 9.21 Å². The lowest BCUT2D eigenvalue weighted by Gasteiger charge is -2.37. The number of carbonyl (C=O) groups excluding carboxylic acids is 1. The van der Waals surface area contributed by atoms with Crippen molar-refractivity contribution < 1.29 is 13.2 Å². The number of piperazine rings is 1. The molecular formula is C20H25N3O3S. The summed E-state index contributed by atoms with van der Waals surface area (Å²) in [5.74, 6) is -0.424. The van der Waals surface area contributed by atoms with E-state index in [1.165, 1.54) is 4.31 Å². The number of nitrogens with two attached hydrogens (primary N) is 1. The van der Waals surface area contributed by atoms with Gasteiger partial charge in [0.05, 0.1) is 4.90 Å². The van der Waals surface area contributed by atoms with Crippen molar-refractivity contribution in [2.45, 2.75) is 24.8 Å². The first kappa shape index (κ1) is 19.5. The molecule has 0 radical (unpaired) electrons. The fraction of sp³-hybridized carbons (Fsp3) is 0.350. The second-order valence-corrected chi connectivity index (χ2v) is 8.83. The maximum absolute atomic E-state index is 13.1. The van der Waals surface area contributed by atoms with Gasteiger partial charge in [0.2, 0.25) is 15.9 Å². The molecule has 0 spiro atoms. The molecule has 1 aliphatic heterocycles. The quantitative estimate of drug-likeness (QED) is 0.848. The number of benzene rings is 2. The Balaban J connectivity index is 1.78. The average molecular weight is 388 g/mol. The standard InChI is InChI=1S/C20H25N3O3S/c1-15-8-9-16(2)18(14-15)27(25,26)23-12-10-22(11-13-23)19(20(21)24)17-6-4-3-5-7-17/h3-9,14,19H,10-13H2,1-2H3,(H2,21,24). The van der Waals surface area contributed by atoms with Crippen LogP contribution in [0.4, 0.5) is 0 Å². The van der Waals surface area contributed by atoms with Gasteiger partial charge in [0.15, 0.2) is 0 Å². The van der Waals surface area contributed by atoms with Gasteiger partial charge < -0.3 is 5.73 Å². The highest BCUT2D eigenvalue weighted by atomic mass is 32.2. The van der Waals surface area contributed by atoms with E-state index >= 15 is 0 Å². The molecule has 1 atom stereocenters. The Kier molecular flexibility index (Phi) is 5.64. The van der Waals surface area contributed by atoms with Crippen LogP contribution >= 0.6 is 0 Å². The molecule has 0 aliphatic carbocycles. The van der Waals surface area contributed by atoms with Crippen LogP contribution in [0.15, 0.2) is 53.4 Å². The molecule has 1 saturated heterocycles. The van der Waals surface area contributed by atoms with Crippen molar-refractivity contribution in [3.05, 3.63) is 65.2 Å². The molecule has 2 aromatic carbocycles. The van der Waals surface area contributed by atoms with Gasteiger partial charge in [0.1, 0.15) is 6.04 Å². The third kappa shape index (κ3) is 4.05. The minimum atomic E-state index is -3.56. The van der Waals surface area contributed by atoms with Crippen molar-refractivity contribution in [2.75, 3.05) is 26.2 Å². The molecule has 1 heterocycles. The molecule has 2 N–H and O–H groups in total. The van der Waals surface area contributed by atoms with E-state index in [4.69, 9.17) is 5.73 Å². The zero-order chi connectivity index (χ0) is 19.6. The molecule has 1 fully saturated rings. The van der Waals surface area contributed by atoms with Gasteiger partial charge >= 0.3 is 0 Å². The zero-order valence-electron chi connectivity index (χ0n) is 15.6. The highest BCUT2D eigenvalue weighted by Gasteiger charge is 2.34. The van der Waals surface area contributed by atoms with Crippen LogP contribution in [0.5, 0.6) is 0 Å². The van der Waals surface area contributed by atoms with Crippen LogP contribution in [-0.4, -0.2) is 49.7 Å². The number of sulfonamides is 1. The summed E-state index contributed by atoms with van der Waals surface area (Å²) in [6, 6.07) is 14.3. The molecule has 2 aromatic rings. The second-order valence-electron chi connectivity index (χ2n) is 6.92. The van der Waals surface area contributed by atoms with Crippen LogP contribution in [-0.2, 0) is 14.8 Å². The molecule has 144 valence electrons. The lowest BCUT2D eigenvalue weighted by Crippen LogP contribution is -2.51. The molecule has 0 saturated carbocycles. The van der Waals surface area contributed by atoms with Crippen LogP contribution in [0.25, 0.3) is 0 Å². The molecule has 3 rings (SSSR count). The summed E-state index contributed by atoms with van der Waals surface area (Å²) in [5.41, 5.74) is 8.12. The SMILES string of the molecule is Cc1ccc(C)c(S(=O)(=O)N2CCN(C(C(N)=O)c3ccccc3)CC2)c1. The zero-order valence-corrected chi connectivity index (χ0v) is 16.4. The van der Waals surface area contributed by atoms with Crippen LogP contribution in [0.3, 0.4) is 0 Å². The fourth-order valence-corrected chi connectivity index (χ4v) is 5.25. The smallest absolute Gasteiger partial charge is 0.243 e. The first-order valence-corrected chi connectivity index (χ1v) is 10.4. The van der Waals surface area contributed by atoms with Crippen LogP contribution < -0.4 is 5.73 Å². The Morgan fingerprint density at radius 2 is 1.63 bits per heavy atom. The van der Waals surface area contributed by atoms with E-state index in [1.807, 2.05) is 54.3 Å². The highest BCUT2D eigenvalue weighted by Crippen LogP contribution is 2.26. The van der Waals surface area contributed by atoms with E-state index in [0.717, 1.165) is 16.7 Å². The Morgan fingerprint density at radius 1 is 1.00 bits per heavy atom.